The van der Waals surface area contributed by atoms with E-state index in [-0.39, 0.29) is 42.1 Å². The molecule has 4 aromatic carbocycles. The number of carbonyl (C=O) groups is 2. The lowest BCUT2D eigenvalue weighted by atomic mass is 9.88. The summed E-state index contributed by atoms with van der Waals surface area (Å²) in [5, 5.41) is 38.4. The second-order valence-electron chi connectivity index (χ2n) is 12.7. The highest BCUT2D eigenvalue weighted by atomic mass is 16.4. The van der Waals surface area contributed by atoms with Crippen LogP contribution in [0.1, 0.15) is 37.7 Å². The highest BCUT2D eigenvalue weighted by molar-refractivity contribution is 6.09. The zero-order valence-electron chi connectivity index (χ0n) is 28.5. The number of rotatable bonds is 10. The fourth-order valence-corrected chi connectivity index (χ4v) is 6.85. The number of anilines is 3. The number of pyridine rings is 2. The zero-order valence-corrected chi connectivity index (χ0v) is 28.5. The van der Waals surface area contributed by atoms with E-state index < -0.39 is 11.9 Å². The van der Waals surface area contributed by atoms with E-state index in [1.54, 1.807) is 54.6 Å². The number of hydrogen-bond donors (Lipinski definition) is 6. The van der Waals surface area contributed by atoms with Crippen LogP contribution in [0.25, 0.3) is 55.2 Å². The first kappa shape index (κ1) is 33.8. The number of nitrogen functional groups attached to an aromatic ring is 1. The number of para-hydroxylation sites is 2. The summed E-state index contributed by atoms with van der Waals surface area (Å²) in [5.74, 6) is -2.03. The molecule has 0 atom stereocenters. The van der Waals surface area contributed by atoms with Crippen LogP contribution in [-0.4, -0.2) is 37.2 Å². The number of nitrogens with two attached hydrogens (primary N) is 1. The molecule has 54 heavy (non-hydrogen) atoms. The summed E-state index contributed by atoms with van der Waals surface area (Å²) in [4.78, 5) is 47.0. The van der Waals surface area contributed by atoms with Crippen molar-refractivity contribution in [2.45, 2.75) is 19.7 Å². The average Bonchev–Trinajstić information content (AvgIpc) is 3.18. The Morgan fingerprint density at radius 2 is 1.37 bits per heavy atom. The molecule has 1 aliphatic heterocycles. The van der Waals surface area contributed by atoms with Crippen molar-refractivity contribution in [3.8, 4) is 22.5 Å². The smallest absolute Gasteiger partial charge is 0.354 e. The van der Waals surface area contributed by atoms with Crippen molar-refractivity contribution in [3.05, 3.63) is 147 Å². The third-order valence-corrected chi connectivity index (χ3v) is 9.47. The van der Waals surface area contributed by atoms with Gasteiger partial charge >= 0.3 is 11.9 Å². The Morgan fingerprint density at radius 1 is 0.685 bits per heavy atom. The van der Waals surface area contributed by atoms with Gasteiger partial charge < -0.3 is 36.1 Å². The van der Waals surface area contributed by atoms with E-state index >= 15 is 0 Å². The van der Waals surface area contributed by atoms with Crippen molar-refractivity contribution in [2.24, 2.45) is 0 Å². The van der Waals surface area contributed by atoms with Crippen LogP contribution >= 0.6 is 0 Å². The van der Waals surface area contributed by atoms with Crippen LogP contribution in [0, 0.1) is 0 Å². The van der Waals surface area contributed by atoms with Gasteiger partial charge in [0.2, 0.25) is 0 Å². The molecule has 7 N–H and O–H groups in total. The molecule has 1 aliphatic carbocycles. The second-order valence-corrected chi connectivity index (χ2v) is 12.7. The number of carboxylic acid groups (broad SMARTS) is 2. The summed E-state index contributed by atoms with van der Waals surface area (Å²) in [6, 6.07) is 31.0. The lowest BCUT2D eigenvalue weighted by Crippen LogP contribution is -2.15. The maximum absolute atomic E-state index is 13.7. The standard InChI is InChI=1S/C42H31N5O7/c43-31-16-14-27-36(25-7-1-2-8-26(25)41(50)51)28-15-18-35(49)30(20-45-32-9-3-5-22-11-13-24(21-48)46-37(22)32)40(28)54-39(27)29(31)19-44-33-10-4-6-23-12-17-34(42(52)53)47-38(23)33/h1-18,44-45,48H,19-21,43H2,(H,50,51)(H,52,53). The number of aliphatic hydroxyl groups excluding tert-OH is 1. The maximum Gasteiger partial charge on any atom is 0.354 e. The molecule has 12 nitrogen and oxygen atoms in total. The van der Waals surface area contributed by atoms with E-state index in [2.05, 4.69) is 20.6 Å². The van der Waals surface area contributed by atoms with Gasteiger partial charge in [-0.3, -0.25) is 4.79 Å². The molecule has 0 bridgehead atoms. The lowest BCUT2D eigenvalue weighted by Gasteiger charge is -2.21. The van der Waals surface area contributed by atoms with Crippen LogP contribution in [0.15, 0.2) is 118 Å². The number of carboxylic acids is 2. The highest BCUT2D eigenvalue weighted by Gasteiger charge is 2.26. The van der Waals surface area contributed by atoms with Crippen molar-refractivity contribution >= 4 is 61.8 Å². The van der Waals surface area contributed by atoms with Crippen LogP contribution in [0.5, 0.6) is 0 Å². The van der Waals surface area contributed by atoms with Crippen molar-refractivity contribution in [1.82, 2.24) is 9.97 Å². The van der Waals surface area contributed by atoms with Gasteiger partial charge in [0.25, 0.3) is 0 Å². The minimum atomic E-state index is -1.15. The van der Waals surface area contributed by atoms with Gasteiger partial charge in [-0.05, 0) is 60.2 Å². The number of nitrogens with one attached hydrogen (secondary N) is 2. The quantitative estimate of drug-likeness (QED) is 0.0607. The second kappa shape index (κ2) is 13.7. The summed E-state index contributed by atoms with van der Waals surface area (Å²) >= 11 is 0. The van der Waals surface area contributed by atoms with Gasteiger partial charge in [-0.15, -0.1) is 0 Å². The molecule has 8 rings (SSSR count). The van der Waals surface area contributed by atoms with Crippen LogP contribution in [-0.2, 0) is 19.7 Å². The van der Waals surface area contributed by atoms with Crippen LogP contribution in [0.3, 0.4) is 0 Å². The van der Waals surface area contributed by atoms with Crippen LogP contribution in [0.4, 0.5) is 17.1 Å². The Hall–Kier alpha value is -7.31. The molecule has 0 amide bonds. The van der Waals surface area contributed by atoms with Gasteiger partial charge in [-0.25, -0.2) is 19.6 Å². The molecule has 6 aromatic rings. The minimum Gasteiger partial charge on any atom is -0.478 e. The summed E-state index contributed by atoms with van der Waals surface area (Å²) in [7, 11) is 0. The number of aromatic carboxylic acids is 2. The van der Waals surface area contributed by atoms with Gasteiger partial charge in [0.1, 0.15) is 17.0 Å². The van der Waals surface area contributed by atoms with E-state index in [1.807, 2.05) is 36.4 Å². The molecule has 0 unspecified atom stereocenters. The normalized spacial score (nSPS) is 11.4. The largest absolute Gasteiger partial charge is 0.478 e. The number of nitrogens with zero attached hydrogens (tertiary/aromatic N) is 2. The Labute approximate surface area is 306 Å². The number of benzene rings is 5. The van der Waals surface area contributed by atoms with Crippen molar-refractivity contribution < 1.29 is 29.3 Å². The SMILES string of the molecule is Nc1ccc2c(-c3ccccc3C(=O)O)c3ccc(=O)c(CNc4cccc5ccc(CO)nc45)c-3oc2c1CNc1cccc2ccc(C(=O)O)nc12. The molecule has 0 spiro atoms. The molecule has 266 valence electrons. The Bertz CT molecular complexity index is 2830. The van der Waals surface area contributed by atoms with E-state index in [9.17, 15) is 29.7 Å². The monoisotopic (exact) mass is 717 g/mol. The maximum atomic E-state index is 13.7. The van der Waals surface area contributed by atoms with E-state index in [4.69, 9.17) is 10.2 Å². The molecule has 3 heterocycles. The zero-order chi connectivity index (χ0) is 37.5. The summed E-state index contributed by atoms with van der Waals surface area (Å²) in [6.45, 7) is -0.0970. The number of aromatic nitrogens is 2. The summed E-state index contributed by atoms with van der Waals surface area (Å²) in [5.41, 5.74) is 12.1. The Kier molecular flexibility index (Phi) is 8.56. The molecule has 2 aromatic heterocycles. The topological polar surface area (TPSA) is 201 Å². The third kappa shape index (κ3) is 5.95. The Balaban J connectivity index is 1.31. The summed E-state index contributed by atoms with van der Waals surface area (Å²) in [6.07, 6.45) is 0. The van der Waals surface area contributed by atoms with E-state index in [0.717, 1.165) is 10.8 Å². The Morgan fingerprint density at radius 3 is 2.07 bits per heavy atom. The first-order valence-electron chi connectivity index (χ1n) is 16.9. The molecular formula is C42H31N5O7. The predicted octanol–water partition coefficient (Wildman–Crippen LogP) is 7.36. The molecule has 0 saturated carbocycles. The summed E-state index contributed by atoms with van der Waals surface area (Å²) < 4.78 is 6.72. The van der Waals surface area contributed by atoms with Crippen LogP contribution in [0.2, 0.25) is 0 Å². The molecule has 12 heteroatoms. The van der Waals surface area contributed by atoms with Gasteiger partial charge in [0.05, 0.1) is 45.8 Å². The molecule has 0 fully saturated rings. The average molecular weight is 718 g/mol. The number of aliphatic hydroxyl groups is 1. The van der Waals surface area contributed by atoms with Crippen LogP contribution < -0.4 is 21.8 Å². The predicted molar refractivity (Wildman–Crippen MR) is 207 cm³/mol. The molecular weight excluding hydrogens is 686 g/mol. The van der Waals surface area contributed by atoms with Crippen molar-refractivity contribution in [3.63, 3.8) is 0 Å². The lowest BCUT2D eigenvalue weighted by molar-refractivity contribution is 0.0683. The fraction of sp³-hybridized carbons (Fsp3) is 0.0714. The number of fused-ring (bicyclic) bond motifs is 4. The van der Waals surface area contributed by atoms with Crippen molar-refractivity contribution in [2.75, 3.05) is 16.4 Å². The highest BCUT2D eigenvalue weighted by Crippen LogP contribution is 2.44. The minimum absolute atomic E-state index is 0.0266. The number of hydrogen-bond acceptors (Lipinski definition) is 10. The van der Waals surface area contributed by atoms with E-state index in [1.165, 1.54) is 18.2 Å². The van der Waals surface area contributed by atoms with E-state index in [0.29, 0.717) is 72.6 Å². The van der Waals surface area contributed by atoms with Gasteiger partial charge in [-0.1, -0.05) is 54.6 Å². The molecule has 0 saturated heterocycles. The molecule has 0 radical (unpaired) electrons. The fourth-order valence-electron chi connectivity index (χ4n) is 6.85. The first-order chi connectivity index (χ1) is 26.2. The van der Waals surface area contributed by atoms with Gasteiger partial charge in [0.15, 0.2) is 5.43 Å². The van der Waals surface area contributed by atoms with Crippen molar-refractivity contribution in [1.29, 1.82) is 0 Å². The van der Waals surface area contributed by atoms with Gasteiger partial charge in [0, 0.05) is 51.6 Å². The van der Waals surface area contributed by atoms with Gasteiger partial charge in [-0.2, -0.15) is 0 Å². The molecule has 2 aliphatic rings. The first-order valence-corrected chi connectivity index (χ1v) is 16.9. The third-order valence-electron chi connectivity index (χ3n) is 9.47.